The topological polar surface area (TPSA) is 55.1 Å². The standard InChI is InChI=1S/C13H18N2O2/c1-8-12(13(16)17)7-15(14-8)6-11-5-9-2-3-10(11)4-9/h7,9-11H,2-6H2,1H3,(H,16,17). The molecule has 0 aromatic carbocycles. The van der Waals surface area contributed by atoms with E-state index in [2.05, 4.69) is 5.10 Å². The second kappa shape index (κ2) is 3.86. The zero-order valence-electron chi connectivity index (χ0n) is 10.1. The highest BCUT2D eigenvalue weighted by Gasteiger charge is 2.39. The van der Waals surface area contributed by atoms with Crippen LogP contribution in [0, 0.1) is 24.7 Å². The van der Waals surface area contributed by atoms with Crippen molar-refractivity contribution >= 4 is 5.97 Å². The summed E-state index contributed by atoms with van der Waals surface area (Å²) < 4.78 is 1.84. The van der Waals surface area contributed by atoms with Crippen LogP contribution in [-0.4, -0.2) is 20.9 Å². The third-order valence-electron chi connectivity index (χ3n) is 4.48. The van der Waals surface area contributed by atoms with E-state index in [-0.39, 0.29) is 0 Å². The number of aryl methyl sites for hydroxylation is 1. The largest absolute Gasteiger partial charge is 0.478 e. The summed E-state index contributed by atoms with van der Waals surface area (Å²) in [5, 5.41) is 13.3. The normalized spacial score (nSPS) is 31.0. The number of hydrogen-bond donors (Lipinski definition) is 1. The van der Waals surface area contributed by atoms with Crippen molar-refractivity contribution in [3.05, 3.63) is 17.5 Å². The predicted molar refractivity (Wildman–Crippen MR) is 62.9 cm³/mol. The summed E-state index contributed by atoms with van der Waals surface area (Å²) in [5.41, 5.74) is 0.966. The minimum atomic E-state index is -0.873. The van der Waals surface area contributed by atoms with Crippen molar-refractivity contribution in [2.45, 2.75) is 39.2 Å². The zero-order valence-corrected chi connectivity index (χ0v) is 10.1. The summed E-state index contributed by atoms with van der Waals surface area (Å²) in [5.74, 6) is 1.63. The minimum Gasteiger partial charge on any atom is -0.478 e. The van der Waals surface area contributed by atoms with Crippen LogP contribution < -0.4 is 0 Å². The highest BCUT2D eigenvalue weighted by atomic mass is 16.4. The van der Waals surface area contributed by atoms with Crippen LogP contribution in [0.5, 0.6) is 0 Å². The molecule has 1 N–H and O–H groups in total. The van der Waals surface area contributed by atoms with Crippen molar-refractivity contribution in [2.75, 3.05) is 0 Å². The monoisotopic (exact) mass is 234 g/mol. The molecule has 4 nitrogen and oxygen atoms in total. The highest BCUT2D eigenvalue weighted by molar-refractivity contribution is 5.88. The van der Waals surface area contributed by atoms with E-state index in [1.54, 1.807) is 13.1 Å². The molecule has 3 atom stereocenters. The van der Waals surface area contributed by atoms with Crippen LogP contribution in [0.1, 0.15) is 41.7 Å². The lowest BCUT2D eigenvalue weighted by atomic mass is 9.89. The van der Waals surface area contributed by atoms with Gasteiger partial charge in [-0.15, -0.1) is 0 Å². The minimum absolute atomic E-state index is 0.341. The fourth-order valence-corrected chi connectivity index (χ4v) is 3.66. The summed E-state index contributed by atoms with van der Waals surface area (Å²) in [6.07, 6.45) is 7.15. The lowest BCUT2D eigenvalue weighted by molar-refractivity contribution is 0.0696. The molecule has 0 spiro atoms. The first-order valence-corrected chi connectivity index (χ1v) is 6.41. The average molecular weight is 234 g/mol. The molecule has 17 heavy (non-hydrogen) atoms. The van der Waals surface area contributed by atoms with Gasteiger partial charge in [-0.2, -0.15) is 5.10 Å². The van der Waals surface area contributed by atoms with E-state index < -0.39 is 5.97 Å². The van der Waals surface area contributed by atoms with Crippen molar-refractivity contribution in [3.8, 4) is 0 Å². The Hall–Kier alpha value is -1.32. The Labute approximate surface area is 101 Å². The van der Waals surface area contributed by atoms with Crippen LogP contribution >= 0.6 is 0 Å². The van der Waals surface area contributed by atoms with Gasteiger partial charge in [-0.25, -0.2) is 4.79 Å². The number of nitrogens with zero attached hydrogens (tertiary/aromatic N) is 2. The molecular weight excluding hydrogens is 216 g/mol. The van der Waals surface area contributed by atoms with E-state index in [4.69, 9.17) is 5.11 Å². The fourth-order valence-electron chi connectivity index (χ4n) is 3.66. The molecule has 4 heteroatoms. The second-order valence-electron chi connectivity index (χ2n) is 5.59. The zero-order chi connectivity index (χ0) is 12.0. The molecule has 0 aliphatic heterocycles. The van der Waals surface area contributed by atoms with Gasteiger partial charge in [-0.05, 0) is 43.9 Å². The van der Waals surface area contributed by atoms with Gasteiger partial charge in [0.25, 0.3) is 0 Å². The molecule has 3 unspecified atom stereocenters. The SMILES string of the molecule is Cc1nn(CC2CC3CCC2C3)cc1C(=O)O. The number of carboxylic acids is 1. The molecule has 1 aromatic heterocycles. The Kier molecular flexibility index (Phi) is 2.45. The lowest BCUT2D eigenvalue weighted by Gasteiger charge is -2.21. The van der Waals surface area contributed by atoms with E-state index in [1.807, 2.05) is 4.68 Å². The van der Waals surface area contributed by atoms with Crippen molar-refractivity contribution in [1.29, 1.82) is 0 Å². The number of carboxylic acid groups (broad SMARTS) is 1. The Morgan fingerprint density at radius 1 is 1.53 bits per heavy atom. The van der Waals surface area contributed by atoms with Gasteiger partial charge in [-0.1, -0.05) is 6.42 Å². The van der Waals surface area contributed by atoms with Crippen LogP contribution in [-0.2, 0) is 6.54 Å². The fraction of sp³-hybridized carbons (Fsp3) is 0.692. The van der Waals surface area contributed by atoms with E-state index in [0.29, 0.717) is 11.3 Å². The molecule has 2 aliphatic rings. The first kappa shape index (κ1) is 10.8. The molecular formula is C13H18N2O2. The number of rotatable bonds is 3. The van der Waals surface area contributed by atoms with Crippen LogP contribution in [0.25, 0.3) is 0 Å². The number of fused-ring (bicyclic) bond motifs is 2. The van der Waals surface area contributed by atoms with E-state index >= 15 is 0 Å². The maximum Gasteiger partial charge on any atom is 0.339 e. The van der Waals surface area contributed by atoms with Gasteiger partial charge in [0.15, 0.2) is 0 Å². The van der Waals surface area contributed by atoms with Crippen molar-refractivity contribution < 1.29 is 9.90 Å². The molecule has 2 saturated carbocycles. The van der Waals surface area contributed by atoms with Crippen LogP contribution in [0.2, 0.25) is 0 Å². The molecule has 92 valence electrons. The molecule has 2 fully saturated rings. The summed E-state index contributed by atoms with van der Waals surface area (Å²) in [6, 6.07) is 0. The van der Waals surface area contributed by atoms with Gasteiger partial charge in [0, 0.05) is 12.7 Å². The Morgan fingerprint density at radius 2 is 2.35 bits per heavy atom. The van der Waals surface area contributed by atoms with Crippen molar-refractivity contribution in [3.63, 3.8) is 0 Å². The van der Waals surface area contributed by atoms with Gasteiger partial charge in [0.2, 0.25) is 0 Å². The molecule has 0 saturated heterocycles. The van der Waals surface area contributed by atoms with Gasteiger partial charge >= 0.3 is 5.97 Å². The molecule has 1 heterocycles. The smallest absolute Gasteiger partial charge is 0.339 e. The van der Waals surface area contributed by atoms with Crippen molar-refractivity contribution in [1.82, 2.24) is 9.78 Å². The van der Waals surface area contributed by atoms with Crippen LogP contribution in [0.3, 0.4) is 0 Å². The molecule has 0 amide bonds. The Morgan fingerprint density at radius 3 is 2.88 bits per heavy atom. The lowest BCUT2D eigenvalue weighted by Crippen LogP contribution is -2.17. The predicted octanol–water partition coefficient (Wildman–Crippen LogP) is 2.33. The Bertz CT molecular complexity index is 452. The average Bonchev–Trinajstić information content (AvgIpc) is 2.93. The highest BCUT2D eigenvalue weighted by Crippen LogP contribution is 2.48. The van der Waals surface area contributed by atoms with Crippen LogP contribution in [0.15, 0.2) is 6.20 Å². The summed E-state index contributed by atoms with van der Waals surface area (Å²) in [6.45, 7) is 2.66. The summed E-state index contributed by atoms with van der Waals surface area (Å²) in [4.78, 5) is 10.9. The molecule has 2 aliphatic carbocycles. The maximum absolute atomic E-state index is 10.9. The molecule has 3 rings (SSSR count). The molecule has 2 bridgehead atoms. The van der Waals surface area contributed by atoms with Gasteiger partial charge in [0.05, 0.1) is 5.69 Å². The van der Waals surface area contributed by atoms with Crippen LogP contribution in [0.4, 0.5) is 0 Å². The first-order valence-electron chi connectivity index (χ1n) is 6.41. The number of aromatic nitrogens is 2. The number of carbonyl (C=O) groups is 1. The third-order valence-corrected chi connectivity index (χ3v) is 4.48. The second-order valence-corrected chi connectivity index (χ2v) is 5.59. The van der Waals surface area contributed by atoms with Crippen molar-refractivity contribution in [2.24, 2.45) is 17.8 Å². The molecule has 1 aromatic rings. The van der Waals surface area contributed by atoms with E-state index in [1.165, 1.54) is 25.7 Å². The van der Waals surface area contributed by atoms with E-state index in [0.717, 1.165) is 24.3 Å². The number of aromatic carboxylic acids is 1. The third kappa shape index (κ3) is 1.85. The van der Waals surface area contributed by atoms with E-state index in [9.17, 15) is 4.79 Å². The Balaban J connectivity index is 1.73. The number of hydrogen-bond acceptors (Lipinski definition) is 2. The summed E-state index contributed by atoms with van der Waals surface area (Å²) >= 11 is 0. The van der Waals surface area contributed by atoms with Gasteiger partial charge < -0.3 is 5.11 Å². The first-order chi connectivity index (χ1) is 8.13. The quantitative estimate of drug-likeness (QED) is 0.873. The maximum atomic E-state index is 10.9. The van der Waals surface area contributed by atoms with Gasteiger partial charge in [0.1, 0.15) is 5.56 Å². The molecule has 0 radical (unpaired) electrons. The van der Waals surface area contributed by atoms with Gasteiger partial charge in [-0.3, -0.25) is 4.68 Å². The summed E-state index contributed by atoms with van der Waals surface area (Å²) in [7, 11) is 0.